The van der Waals surface area contributed by atoms with E-state index in [1.165, 1.54) is 12.1 Å². The van der Waals surface area contributed by atoms with Crippen LogP contribution in [0.1, 0.15) is 18.7 Å². The van der Waals surface area contributed by atoms with Crippen molar-refractivity contribution in [1.29, 1.82) is 0 Å². The summed E-state index contributed by atoms with van der Waals surface area (Å²) in [5.41, 5.74) is 1.71. The Morgan fingerprint density at radius 1 is 1.42 bits per heavy atom. The second-order valence-corrected chi connectivity index (χ2v) is 6.48. The predicted molar refractivity (Wildman–Crippen MR) is 76.1 cm³/mol. The number of nitrogens with one attached hydrogen (secondary N) is 2. The van der Waals surface area contributed by atoms with Crippen molar-refractivity contribution in [2.75, 3.05) is 5.32 Å². The van der Waals surface area contributed by atoms with Gasteiger partial charge < -0.3 is 5.32 Å². The van der Waals surface area contributed by atoms with Gasteiger partial charge in [-0.2, -0.15) is 5.10 Å². The molecule has 0 spiro atoms. The predicted octanol–water partition coefficient (Wildman–Crippen LogP) is 1.99. The summed E-state index contributed by atoms with van der Waals surface area (Å²) in [7, 11) is -3.69. The van der Waals surface area contributed by atoms with Gasteiger partial charge in [-0.3, -0.25) is 5.10 Å². The van der Waals surface area contributed by atoms with Crippen LogP contribution in [0.4, 0.5) is 5.69 Å². The summed E-state index contributed by atoms with van der Waals surface area (Å²) in [6, 6.07) is 6.47. The van der Waals surface area contributed by atoms with E-state index in [-0.39, 0.29) is 10.9 Å². The van der Waals surface area contributed by atoms with Gasteiger partial charge in [0.2, 0.25) is 10.0 Å². The molecule has 0 saturated heterocycles. The molecule has 19 heavy (non-hydrogen) atoms. The minimum absolute atomic E-state index is 0.0131. The van der Waals surface area contributed by atoms with Crippen LogP contribution < -0.4 is 10.5 Å². The second kappa shape index (κ2) is 5.32. The molecule has 0 amide bonds. The van der Waals surface area contributed by atoms with Gasteiger partial charge in [0.1, 0.15) is 0 Å². The van der Waals surface area contributed by atoms with Crippen LogP contribution in [0.3, 0.4) is 0 Å². The van der Waals surface area contributed by atoms with E-state index in [0.29, 0.717) is 4.47 Å². The lowest BCUT2D eigenvalue weighted by molar-refractivity contribution is 0.598. The summed E-state index contributed by atoms with van der Waals surface area (Å²) in [6.07, 6.45) is 1.67. The Hall–Kier alpha value is -1.38. The Morgan fingerprint density at radius 2 is 2.16 bits per heavy atom. The van der Waals surface area contributed by atoms with Crippen molar-refractivity contribution >= 4 is 31.6 Å². The normalized spacial score (nSPS) is 13.2. The Morgan fingerprint density at radius 3 is 2.68 bits per heavy atom. The zero-order valence-electron chi connectivity index (χ0n) is 10.1. The number of H-pyrrole nitrogens is 1. The number of anilines is 1. The first-order valence-corrected chi connectivity index (χ1v) is 7.80. The second-order valence-electron chi connectivity index (χ2n) is 4.06. The Bertz CT molecular complexity index is 670. The molecule has 6 nitrogen and oxygen atoms in total. The smallest absolute Gasteiger partial charge is 0.238 e. The number of nitrogens with zero attached hydrogens (tertiary/aromatic N) is 1. The van der Waals surface area contributed by atoms with Gasteiger partial charge in [0, 0.05) is 16.4 Å². The number of aromatic nitrogens is 2. The monoisotopic (exact) mass is 344 g/mol. The van der Waals surface area contributed by atoms with Gasteiger partial charge >= 0.3 is 0 Å². The summed E-state index contributed by atoms with van der Waals surface area (Å²) < 4.78 is 23.1. The van der Waals surface area contributed by atoms with Gasteiger partial charge in [0.15, 0.2) is 0 Å². The molecular weight excluding hydrogens is 332 g/mol. The number of hydrogen-bond donors (Lipinski definition) is 3. The molecule has 1 aromatic carbocycles. The molecule has 0 saturated carbocycles. The molecule has 0 aliphatic carbocycles. The van der Waals surface area contributed by atoms with Crippen LogP contribution in [-0.4, -0.2) is 18.6 Å². The van der Waals surface area contributed by atoms with E-state index >= 15 is 0 Å². The van der Waals surface area contributed by atoms with Crippen LogP contribution in [0, 0.1) is 0 Å². The standard InChI is InChI=1S/C11H13BrN4O2S/c1-7(10-4-5-14-16-10)15-11-3-2-8(6-9(11)12)19(13,17)18/h2-7,15H,1H3,(H,14,16)(H2,13,17,18). The molecular formula is C11H13BrN4O2S. The summed E-state index contributed by atoms with van der Waals surface area (Å²) in [6.45, 7) is 1.97. The molecule has 0 aliphatic heterocycles. The number of hydrogen-bond acceptors (Lipinski definition) is 4. The van der Waals surface area contributed by atoms with Crippen molar-refractivity contribution < 1.29 is 8.42 Å². The molecule has 102 valence electrons. The maximum absolute atomic E-state index is 11.2. The van der Waals surface area contributed by atoms with E-state index in [1.54, 1.807) is 12.3 Å². The van der Waals surface area contributed by atoms with Gasteiger partial charge in [-0.1, -0.05) is 0 Å². The van der Waals surface area contributed by atoms with Crippen LogP contribution in [-0.2, 0) is 10.0 Å². The molecule has 0 fully saturated rings. The first kappa shape index (κ1) is 14.0. The summed E-state index contributed by atoms with van der Waals surface area (Å²) in [5, 5.41) is 15.1. The van der Waals surface area contributed by atoms with Crippen LogP contribution in [0.2, 0.25) is 0 Å². The summed E-state index contributed by atoms with van der Waals surface area (Å²) in [5.74, 6) is 0. The maximum atomic E-state index is 11.2. The Labute approximate surface area is 119 Å². The Balaban J connectivity index is 2.23. The molecule has 2 aromatic rings. The van der Waals surface area contributed by atoms with E-state index in [1.807, 2.05) is 13.0 Å². The average molecular weight is 345 g/mol. The van der Waals surface area contributed by atoms with E-state index < -0.39 is 10.0 Å². The van der Waals surface area contributed by atoms with E-state index in [2.05, 4.69) is 31.4 Å². The number of halogens is 1. The van der Waals surface area contributed by atoms with Crippen molar-refractivity contribution in [1.82, 2.24) is 10.2 Å². The number of rotatable bonds is 4. The molecule has 4 N–H and O–H groups in total. The fourth-order valence-electron chi connectivity index (χ4n) is 1.61. The van der Waals surface area contributed by atoms with Gasteiger partial charge in [0.05, 0.1) is 16.6 Å². The topological polar surface area (TPSA) is 101 Å². The third kappa shape index (κ3) is 3.34. The number of primary sulfonamides is 1. The van der Waals surface area contributed by atoms with Crippen LogP contribution in [0.5, 0.6) is 0 Å². The Kier molecular flexibility index (Phi) is 3.93. The molecule has 0 radical (unpaired) electrons. The van der Waals surface area contributed by atoms with Crippen molar-refractivity contribution in [2.24, 2.45) is 5.14 Å². The van der Waals surface area contributed by atoms with Gasteiger partial charge in [-0.15, -0.1) is 0 Å². The minimum atomic E-state index is -3.69. The fraction of sp³-hybridized carbons (Fsp3) is 0.182. The highest BCUT2D eigenvalue weighted by Crippen LogP contribution is 2.28. The van der Waals surface area contributed by atoms with Crippen LogP contribution >= 0.6 is 15.9 Å². The molecule has 1 unspecified atom stereocenters. The van der Waals surface area contributed by atoms with Crippen molar-refractivity contribution in [3.8, 4) is 0 Å². The molecule has 1 aromatic heterocycles. The minimum Gasteiger partial charge on any atom is -0.376 e. The lowest BCUT2D eigenvalue weighted by atomic mass is 10.2. The van der Waals surface area contributed by atoms with Gasteiger partial charge in [-0.05, 0) is 47.1 Å². The largest absolute Gasteiger partial charge is 0.376 e. The van der Waals surface area contributed by atoms with E-state index in [0.717, 1.165) is 11.4 Å². The van der Waals surface area contributed by atoms with E-state index in [4.69, 9.17) is 5.14 Å². The first-order valence-electron chi connectivity index (χ1n) is 5.46. The van der Waals surface area contributed by atoms with Crippen LogP contribution in [0.25, 0.3) is 0 Å². The molecule has 2 rings (SSSR count). The third-order valence-electron chi connectivity index (χ3n) is 2.63. The highest BCUT2D eigenvalue weighted by Gasteiger charge is 2.12. The molecule has 1 heterocycles. The zero-order valence-corrected chi connectivity index (χ0v) is 12.5. The molecule has 0 aliphatic rings. The molecule has 8 heteroatoms. The number of aromatic amines is 1. The fourth-order valence-corrected chi connectivity index (χ4v) is 2.79. The van der Waals surface area contributed by atoms with Gasteiger partial charge in [-0.25, -0.2) is 13.6 Å². The quantitative estimate of drug-likeness (QED) is 0.789. The third-order valence-corrected chi connectivity index (χ3v) is 4.20. The molecule has 1 atom stereocenters. The number of sulfonamides is 1. The summed E-state index contributed by atoms with van der Waals surface area (Å²) >= 11 is 3.32. The number of nitrogens with two attached hydrogens (primary N) is 1. The SMILES string of the molecule is CC(Nc1ccc(S(N)(=O)=O)cc1Br)c1ccn[nH]1. The maximum Gasteiger partial charge on any atom is 0.238 e. The van der Waals surface area contributed by atoms with Crippen molar-refractivity contribution in [2.45, 2.75) is 17.9 Å². The zero-order chi connectivity index (χ0) is 14.0. The first-order chi connectivity index (χ1) is 8.88. The average Bonchev–Trinajstić information content (AvgIpc) is 2.84. The van der Waals surface area contributed by atoms with Gasteiger partial charge in [0.25, 0.3) is 0 Å². The van der Waals surface area contributed by atoms with E-state index in [9.17, 15) is 8.42 Å². The van der Waals surface area contributed by atoms with Crippen molar-refractivity contribution in [3.05, 3.63) is 40.6 Å². The highest BCUT2D eigenvalue weighted by atomic mass is 79.9. The van der Waals surface area contributed by atoms with Crippen LogP contribution in [0.15, 0.2) is 39.8 Å². The summed E-state index contributed by atoms with van der Waals surface area (Å²) in [4.78, 5) is 0.0686. The highest BCUT2D eigenvalue weighted by molar-refractivity contribution is 9.10. The molecule has 0 bridgehead atoms. The van der Waals surface area contributed by atoms with Crippen molar-refractivity contribution in [3.63, 3.8) is 0 Å². The lowest BCUT2D eigenvalue weighted by Gasteiger charge is -2.15. The lowest BCUT2D eigenvalue weighted by Crippen LogP contribution is -2.13. The number of benzene rings is 1.